The van der Waals surface area contributed by atoms with Gasteiger partial charge in [-0.15, -0.1) is 0 Å². The lowest BCUT2D eigenvalue weighted by Crippen LogP contribution is -2.42. The topological polar surface area (TPSA) is 98.0 Å². The van der Waals surface area contributed by atoms with Crippen molar-refractivity contribution in [3.8, 4) is 0 Å². The fraction of sp³-hybridized carbons (Fsp3) is 0.400. The van der Waals surface area contributed by atoms with Crippen molar-refractivity contribution in [2.24, 2.45) is 16.8 Å². The highest BCUT2D eigenvalue weighted by Crippen LogP contribution is 2.27. The number of hydrogen-bond donors (Lipinski definition) is 0. The summed E-state index contributed by atoms with van der Waals surface area (Å²) in [6.45, 7) is 7.00. The van der Waals surface area contributed by atoms with E-state index < -0.39 is 21.9 Å². The summed E-state index contributed by atoms with van der Waals surface area (Å²) in [4.78, 5) is 29.7. The minimum Gasteiger partial charge on any atom is -0.468 e. The largest absolute Gasteiger partial charge is 0.468 e. The fourth-order valence-electron chi connectivity index (χ4n) is 4.48. The van der Waals surface area contributed by atoms with E-state index in [0.717, 1.165) is 22.2 Å². The van der Waals surface area contributed by atoms with Gasteiger partial charge in [-0.1, -0.05) is 31.3 Å². The first-order valence-corrected chi connectivity index (χ1v) is 13.7. The van der Waals surface area contributed by atoms with Gasteiger partial charge in [0.15, 0.2) is 4.80 Å². The molecule has 8 nitrogen and oxygen atoms in total. The quantitative estimate of drug-likeness (QED) is 0.484. The van der Waals surface area contributed by atoms with E-state index in [0.29, 0.717) is 29.7 Å². The Morgan fingerprint density at radius 1 is 1.09 bits per heavy atom. The number of sulfonamides is 1. The van der Waals surface area contributed by atoms with E-state index in [9.17, 15) is 18.0 Å². The van der Waals surface area contributed by atoms with Crippen LogP contribution in [0.4, 0.5) is 0 Å². The highest BCUT2D eigenvalue weighted by molar-refractivity contribution is 7.89. The van der Waals surface area contributed by atoms with E-state index in [1.165, 1.54) is 47.0 Å². The molecule has 1 amide bonds. The van der Waals surface area contributed by atoms with E-state index in [2.05, 4.69) is 18.8 Å². The summed E-state index contributed by atoms with van der Waals surface area (Å²) in [6, 6.07) is 11.7. The average Bonchev–Trinajstić information content (AvgIpc) is 3.13. The maximum atomic E-state index is 13.1. The van der Waals surface area contributed by atoms with Crippen molar-refractivity contribution >= 4 is 43.5 Å². The van der Waals surface area contributed by atoms with Crippen LogP contribution in [0.3, 0.4) is 0 Å². The minimum atomic E-state index is -3.64. The third-order valence-electron chi connectivity index (χ3n) is 6.12. The molecule has 1 aromatic heterocycles. The molecule has 0 bridgehead atoms. The average molecular weight is 516 g/mol. The Balaban J connectivity index is 1.65. The number of thiazole rings is 1. The molecule has 4 rings (SSSR count). The Labute approximate surface area is 208 Å². The van der Waals surface area contributed by atoms with E-state index in [-0.39, 0.29) is 17.0 Å². The zero-order valence-corrected chi connectivity index (χ0v) is 21.9. The van der Waals surface area contributed by atoms with Crippen LogP contribution < -0.4 is 4.80 Å². The SMILES string of the molecule is COC(=O)Cn1c(=NC(=O)c2ccc(S(=O)(=O)N3C[C@@H](C)C[C@H](C)C3)cc2)sc2cc(C)ccc21. The van der Waals surface area contributed by atoms with Crippen LogP contribution in [0.25, 0.3) is 10.2 Å². The molecule has 1 saturated heterocycles. The molecule has 1 aliphatic heterocycles. The molecule has 1 fully saturated rings. The molecule has 0 saturated carbocycles. The van der Waals surface area contributed by atoms with Crippen molar-refractivity contribution in [1.29, 1.82) is 0 Å². The van der Waals surface area contributed by atoms with Crippen LogP contribution in [0, 0.1) is 18.8 Å². The number of hydrogen-bond acceptors (Lipinski definition) is 6. The number of nitrogens with zero attached hydrogens (tertiary/aromatic N) is 3. The Bertz CT molecular complexity index is 1430. The van der Waals surface area contributed by atoms with Crippen molar-refractivity contribution in [2.45, 2.75) is 38.6 Å². The van der Waals surface area contributed by atoms with Crippen LogP contribution in [0.5, 0.6) is 0 Å². The zero-order chi connectivity index (χ0) is 25.3. The third-order valence-corrected chi connectivity index (χ3v) is 9.01. The number of aromatic nitrogens is 1. The summed E-state index contributed by atoms with van der Waals surface area (Å²) in [5.74, 6) is -0.365. The molecule has 0 spiro atoms. The summed E-state index contributed by atoms with van der Waals surface area (Å²) in [6.07, 6.45) is 1.01. The van der Waals surface area contributed by atoms with Crippen LogP contribution in [0.1, 0.15) is 36.2 Å². The molecule has 2 heterocycles. The lowest BCUT2D eigenvalue weighted by Gasteiger charge is -2.34. The summed E-state index contributed by atoms with van der Waals surface area (Å²) in [5.41, 5.74) is 2.10. The zero-order valence-electron chi connectivity index (χ0n) is 20.2. The van der Waals surface area contributed by atoms with E-state index in [1.807, 2.05) is 25.1 Å². The van der Waals surface area contributed by atoms with Crippen molar-refractivity contribution in [1.82, 2.24) is 8.87 Å². The van der Waals surface area contributed by atoms with Crippen LogP contribution >= 0.6 is 11.3 Å². The lowest BCUT2D eigenvalue weighted by atomic mass is 9.94. The number of carbonyl (C=O) groups excluding carboxylic acids is 2. The fourth-order valence-corrected chi connectivity index (χ4v) is 7.29. The Morgan fingerprint density at radius 2 is 1.74 bits per heavy atom. The molecule has 0 radical (unpaired) electrons. The first-order chi connectivity index (χ1) is 16.6. The molecule has 3 aromatic rings. The minimum absolute atomic E-state index is 0.0739. The van der Waals surface area contributed by atoms with Gasteiger partial charge in [0.05, 0.1) is 22.2 Å². The van der Waals surface area contributed by atoms with Crippen molar-refractivity contribution in [3.05, 3.63) is 58.4 Å². The van der Waals surface area contributed by atoms with Gasteiger partial charge in [0.2, 0.25) is 10.0 Å². The highest BCUT2D eigenvalue weighted by atomic mass is 32.2. The van der Waals surface area contributed by atoms with Gasteiger partial charge in [0.25, 0.3) is 5.91 Å². The lowest BCUT2D eigenvalue weighted by molar-refractivity contribution is -0.141. The van der Waals surface area contributed by atoms with Crippen LogP contribution in [0.15, 0.2) is 52.4 Å². The highest BCUT2D eigenvalue weighted by Gasteiger charge is 2.31. The molecule has 2 aromatic carbocycles. The number of fused-ring (bicyclic) bond motifs is 1. The number of benzene rings is 2. The van der Waals surface area contributed by atoms with E-state index >= 15 is 0 Å². The van der Waals surface area contributed by atoms with Gasteiger partial charge in [-0.3, -0.25) is 9.59 Å². The van der Waals surface area contributed by atoms with Crippen LogP contribution in [-0.4, -0.2) is 49.4 Å². The van der Waals surface area contributed by atoms with Crippen molar-refractivity contribution in [3.63, 3.8) is 0 Å². The molecule has 0 N–H and O–H groups in total. The summed E-state index contributed by atoms with van der Waals surface area (Å²) in [5, 5.41) is 0. The van der Waals surface area contributed by atoms with Gasteiger partial charge in [-0.2, -0.15) is 9.30 Å². The number of piperidine rings is 1. The number of ether oxygens (including phenoxy) is 1. The summed E-state index contributed by atoms with van der Waals surface area (Å²) < 4.78 is 35.1. The normalized spacial score (nSPS) is 19.7. The van der Waals surface area contributed by atoms with E-state index in [4.69, 9.17) is 4.74 Å². The maximum absolute atomic E-state index is 13.1. The summed E-state index contributed by atoms with van der Waals surface area (Å²) >= 11 is 1.31. The predicted molar refractivity (Wildman–Crippen MR) is 135 cm³/mol. The number of carbonyl (C=O) groups is 2. The molecule has 0 unspecified atom stereocenters. The standard InChI is InChI=1S/C25H29N3O5S2/c1-16-5-10-21-22(12-16)34-25(28(21)15-23(29)33-4)26-24(30)19-6-8-20(9-7-19)35(31,32)27-13-17(2)11-18(3)14-27/h5-10,12,17-18H,11,13-15H2,1-4H3/t17-,18-/m0/s1. The second kappa shape index (κ2) is 10.0. The number of methoxy groups -OCH3 is 1. The number of amides is 1. The van der Waals surface area contributed by atoms with Gasteiger partial charge in [-0.05, 0) is 67.1 Å². The smallest absolute Gasteiger partial charge is 0.325 e. The second-order valence-corrected chi connectivity index (χ2v) is 12.2. The van der Waals surface area contributed by atoms with Crippen molar-refractivity contribution < 1.29 is 22.7 Å². The third kappa shape index (κ3) is 5.39. The second-order valence-electron chi connectivity index (χ2n) is 9.23. The molecule has 1 aliphatic rings. The van der Waals surface area contributed by atoms with Gasteiger partial charge >= 0.3 is 5.97 Å². The number of rotatable bonds is 5. The summed E-state index contributed by atoms with van der Waals surface area (Å²) in [7, 11) is -2.33. The molecule has 10 heteroatoms. The number of aryl methyl sites for hydroxylation is 1. The van der Waals surface area contributed by atoms with Gasteiger partial charge in [0.1, 0.15) is 6.54 Å². The molecule has 2 atom stereocenters. The molecular formula is C25H29N3O5S2. The van der Waals surface area contributed by atoms with Crippen molar-refractivity contribution in [2.75, 3.05) is 20.2 Å². The monoisotopic (exact) mass is 515 g/mol. The van der Waals surface area contributed by atoms with Gasteiger partial charge in [-0.25, -0.2) is 8.42 Å². The Morgan fingerprint density at radius 3 is 2.37 bits per heavy atom. The van der Waals surface area contributed by atoms with Crippen LogP contribution in [0.2, 0.25) is 0 Å². The maximum Gasteiger partial charge on any atom is 0.325 e. The first-order valence-electron chi connectivity index (χ1n) is 11.4. The molecular weight excluding hydrogens is 486 g/mol. The predicted octanol–water partition coefficient (Wildman–Crippen LogP) is 3.59. The molecule has 0 aliphatic carbocycles. The van der Waals surface area contributed by atoms with Gasteiger partial charge < -0.3 is 9.30 Å². The Kier molecular flexibility index (Phi) is 7.25. The van der Waals surface area contributed by atoms with E-state index in [1.54, 1.807) is 4.57 Å². The van der Waals surface area contributed by atoms with Gasteiger partial charge in [0, 0.05) is 18.7 Å². The Hall–Kier alpha value is -2.82. The van der Waals surface area contributed by atoms with Crippen LogP contribution in [-0.2, 0) is 26.1 Å². The first kappa shape index (κ1) is 25.3. The number of esters is 1. The molecule has 35 heavy (non-hydrogen) atoms. The molecule has 186 valence electrons.